The molecule has 0 aromatic heterocycles. The number of amides is 2. The van der Waals surface area contributed by atoms with Gasteiger partial charge in [0.15, 0.2) is 0 Å². The third-order valence-corrected chi connectivity index (χ3v) is 3.12. The minimum Gasteiger partial charge on any atom is -0.465 e. The van der Waals surface area contributed by atoms with E-state index >= 15 is 0 Å². The van der Waals surface area contributed by atoms with Crippen molar-refractivity contribution in [3.8, 4) is 12.3 Å². The normalized spacial score (nSPS) is 23.5. The van der Waals surface area contributed by atoms with Crippen molar-refractivity contribution in [2.45, 2.75) is 25.7 Å². The van der Waals surface area contributed by atoms with E-state index in [1.54, 1.807) is 0 Å². The van der Waals surface area contributed by atoms with Gasteiger partial charge in [-0.25, -0.2) is 4.79 Å². The molecule has 5 heteroatoms. The van der Waals surface area contributed by atoms with E-state index in [1.165, 1.54) is 0 Å². The summed E-state index contributed by atoms with van der Waals surface area (Å²) >= 11 is 0. The standard InChI is InChI=1S/C12H18N2O3/c1-2-7-13-11(15)10-5-3-9(4-6-10)8-14-12(16)17/h1,9-10,14H,3-8H2,(H,13,15)(H,16,17). The molecule has 1 fully saturated rings. The SMILES string of the molecule is C#CCNC(=O)C1CCC(CNC(=O)O)CC1. The first-order chi connectivity index (χ1) is 8.13. The maximum atomic E-state index is 11.6. The van der Waals surface area contributed by atoms with E-state index in [0.29, 0.717) is 12.5 Å². The molecule has 0 aliphatic heterocycles. The molecular formula is C12H18N2O3. The van der Waals surface area contributed by atoms with Crippen molar-refractivity contribution in [3.63, 3.8) is 0 Å². The molecule has 2 amide bonds. The van der Waals surface area contributed by atoms with Gasteiger partial charge in [-0.1, -0.05) is 5.92 Å². The molecule has 0 radical (unpaired) electrons. The van der Waals surface area contributed by atoms with E-state index < -0.39 is 6.09 Å². The Morgan fingerprint density at radius 2 is 1.88 bits per heavy atom. The largest absolute Gasteiger partial charge is 0.465 e. The molecule has 0 unspecified atom stereocenters. The quantitative estimate of drug-likeness (QED) is 0.634. The van der Waals surface area contributed by atoms with E-state index in [9.17, 15) is 9.59 Å². The zero-order chi connectivity index (χ0) is 12.7. The lowest BCUT2D eigenvalue weighted by Crippen LogP contribution is -2.35. The number of terminal acetylenes is 1. The number of nitrogens with one attached hydrogen (secondary N) is 2. The summed E-state index contributed by atoms with van der Waals surface area (Å²) in [5.74, 6) is 2.77. The third kappa shape index (κ3) is 4.77. The molecule has 0 bridgehead atoms. The fourth-order valence-corrected chi connectivity index (χ4v) is 2.14. The summed E-state index contributed by atoms with van der Waals surface area (Å²) in [7, 11) is 0. The van der Waals surface area contributed by atoms with Crippen LogP contribution in [0.1, 0.15) is 25.7 Å². The first kappa shape index (κ1) is 13.4. The van der Waals surface area contributed by atoms with Gasteiger partial charge in [0, 0.05) is 12.5 Å². The van der Waals surface area contributed by atoms with Crippen LogP contribution in [0.15, 0.2) is 0 Å². The van der Waals surface area contributed by atoms with Crippen LogP contribution >= 0.6 is 0 Å². The molecule has 1 rings (SSSR count). The second kappa shape index (κ2) is 6.79. The molecule has 0 atom stereocenters. The number of carboxylic acid groups (broad SMARTS) is 1. The van der Waals surface area contributed by atoms with Crippen molar-refractivity contribution in [1.82, 2.24) is 10.6 Å². The molecule has 5 nitrogen and oxygen atoms in total. The van der Waals surface area contributed by atoms with Crippen LogP contribution in [0.5, 0.6) is 0 Å². The fraction of sp³-hybridized carbons (Fsp3) is 0.667. The molecule has 3 N–H and O–H groups in total. The van der Waals surface area contributed by atoms with E-state index in [1.807, 2.05) is 0 Å². The smallest absolute Gasteiger partial charge is 0.404 e. The summed E-state index contributed by atoms with van der Waals surface area (Å²) in [5, 5.41) is 13.6. The number of rotatable bonds is 4. The predicted octanol–water partition coefficient (Wildman–Crippen LogP) is 0.810. The van der Waals surface area contributed by atoms with Gasteiger partial charge in [0.1, 0.15) is 0 Å². The molecule has 0 saturated heterocycles. The van der Waals surface area contributed by atoms with Crippen molar-refractivity contribution in [2.75, 3.05) is 13.1 Å². The van der Waals surface area contributed by atoms with Crippen LogP contribution in [-0.4, -0.2) is 30.2 Å². The first-order valence-corrected chi connectivity index (χ1v) is 5.81. The molecule has 0 heterocycles. The highest BCUT2D eigenvalue weighted by Crippen LogP contribution is 2.28. The third-order valence-electron chi connectivity index (χ3n) is 3.12. The van der Waals surface area contributed by atoms with Crippen LogP contribution in [0.25, 0.3) is 0 Å². The topological polar surface area (TPSA) is 78.4 Å². The predicted molar refractivity (Wildman–Crippen MR) is 63.3 cm³/mol. The molecule has 0 spiro atoms. The van der Waals surface area contributed by atoms with E-state index in [0.717, 1.165) is 25.7 Å². The average molecular weight is 238 g/mol. The Morgan fingerprint density at radius 3 is 2.41 bits per heavy atom. The molecule has 0 aromatic carbocycles. The molecule has 17 heavy (non-hydrogen) atoms. The summed E-state index contributed by atoms with van der Waals surface area (Å²) in [5.41, 5.74) is 0. The monoisotopic (exact) mass is 238 g/mol. The lowest BCUT2D eigenvalue weighted by molar-refractivity contribution is -0.125. The molecule has 0 aromatic rings. The summed E-state index contributed by atoms with van der Waals surface area (Å²) in [6.45, 7) is 0.757. The van der Waals surface area contributed by atoms with Crippen LogP contribution in [-0.2, 0) is 4.79 Å². The van der Waals surface area contributed by atoms with Gasteiger partial charge in [0.25, 0.3) is 0 Å². The Kier molecular flexibility index (Phi) is 5.34. The summed E-state index contributed by atoms with van der Waals surface area (Å²) in [6.07, 6.45) is 7.46. The molecule has 1 aliphatic carbocycles. The second-order valence-electron chi connectivity index (χ2n) is 4.33. The van der Waals surface area contributed by atoms with E-state index in [-0.39, 0.29) is 18.4 Å². The summed E-state index contributed by atoms with van der Waals surface area (Å²) in [6, 6.07) is 0. The van der Waals surface area contributed by atoms with Gasteiger partial charge in [0.05, 0.1) is 6.54 Å². The van der Waals surface area contributed by atoms with Crippen molar-refractivity contribution in [1.29, 1.82) is 0 Å². The molecule has 1 saturated carbocycles. The van der Waals surface area contributed by atoms with Crippen LogP contribution < -0.4 is 10.6 Å². The second-order valence-corrected chi connectivity index (χ2v) is 4.33. The molecule has 94 valence electrons. The van der Waals surface area contributed by atoms with Gasteiger partial charge in [0.2, 0.25) is 5.91 Å². The molecule has 1 aliphatic rings. The van der Waals surface area contributed by atoms with Gasteiger partial charge in [-0.2, -0.15) is 0 Å². The number of hydrogen-bond donors (Lipinski definition) is 3. The van der Waals surface area contributed by atoms with Gasteiger partial charge in [-0.3, -0.25) is 4.79 Å². The highest BCUT2D eigenvalue weighted by atomic mass is 16.4. The van der Waals surface area contributed by atoms with Gasteiger partial charge >= 0.3 is 6.09 Å². The summed E-state index contributed by atoms with van der Waals surface area (Å²) < 4.78 is 0. The Hall–Kier alpha value is -1.70. The van der Waals surface area contributed by atoms with Crippen molar-refractivity contribution < 1.29 is 14.7 Å². The Bertz CT molecular complexity index is 314. The van der Waals surface area contributed by atoms with Gasteiger partial charge in [-0.15, -0.1) is 6.42 Å². The zero-order valence-corrected chi connectivity index (χ0v) is 9.74. The Labute approximate surface area is 101 Å². The van der Waals surface area contributed by atoms with Crippen LogP contribution in [0, 0.1) is 24.2 Å². The number of carbonyl (C=O) groups excluding carboxylic acids is 1. The average Bonchev–Trinajstić information content (AvgIpc) is 2.34. The Morgan fingerprint density at radius 1 is 1.24 bits per heavy atom. The number of carbonyl (C=O) groups is 2. The maximum Gasteiger partial charge on any atom is 0.404 e. The minimum absolute atomic E-state index is 0.0209. The number of hydrogen-bond acceptors (Lipinski definition) is 2. The van der Waals surface area contributed by atoms with Crippen molar-refractivity contribution >= 4 is 12.0 Å². The van der Waals surface area contributed by atoms with Gasteiger partial charge < -0.3 is 15.7 Å². The van der Waals surface area contributed by atoms with Crippen molar-refractivity contribution in [2.24, 2.45) is 11.8 Å². The fourth-order valence-electron chi connectivity index (χ4n) is 2.14. The highest BCUT2D eigenvalue weighted by molar-refractivity contribution is 5.78. The maximum absolute atomic E-state index is 11.6. The van der Waals surface area contributed by atoms with Crippen molar-refractivity contribution in [3.05, 3.63) is 0 Å². The van der Waals surface area contributed by atoms with Crippen LogP contribution in [0.2, 0.25) is 0 Å². The van der Waals surface area contributed by atoms with E-state index in [4.69, 9.17) is 11.5 Å². The van der Waals surface area contributed by atoms with Crippen LogP contribution in [0.3, 0.4) is 0 Å². The highest BCUT2D eigenvalue weighted by Gasteiger charge is 2.25. The lowest BCUT2D eigenvalue weighted by atomic mass is 9.81. The molecular weight excluding hydrogens is 220 g/mol. The Balaban J connectivity index is 2.23. The van der Waals surface area contributed by atoms with E-state index in [2.05, 4.69) is 16.6 Å². The first-order valence-electron chi connectivity index (χ1n) is 5.81. The summed E-state index contributed by atoms with van der Waals surface area (Å²) in [4.78, 5) is 22.0. The minimum atomic E-state index is -0.987. The van der Waals surface area contributed by atoms with Gasteiger partial charge in [-0.05, 0) is 31.6 Å². The lowest BCUT2D eigenvalue weighted by Gasteiger charge is -2.27. The zero-order valence-electron chi connectivity index (χ0n) is 9.74. The van der Waals surface area contributed by atoms with Crippen LogP contribution in [0.4, 0.5) is 4.79 Å².